The van der Waals surface area contributed by atoms with Crippen LogP contribution in [0.25, 0.3) is 0 Å². The number of rotatable bonds is 10. The molecule has 290 valence electrons. The van der Waals surface area contributed by atoms with Gasteiger partial charge in [-0.25, -0.2) is 9.59 Å². The lowest BCUT2D eigenvalue weighted by Gasteiger charge is -2.66. The average molecular weight is 739 g/mol. The molecular weight excluding hydrogens is 684 g/mol. The van der Waals surface area contributed by atoms with Gasteiger partial charge in [0.2, 0.25) is 0 Å². The largest absolute Gasteiger partial charge is 0.472 e. The first kappa shape index (κ1) is 40.0. The molecular formula is C41H54O12. The fraction of sp³-hybridized carbons (Fsp3) is 0.634. The third-order valence-corrected chi connectivity index (χ3v) is 12.8. The van der Waals surface area contributed by atoms with Crippen molar-refractivity contribution in [2.45, 2.75) is 125 Å². The molecule has 0 aromatic carbocycles. The number of furan rings is 1. The summed E-state index contributed by atoms with van der Waals surface area (Å²) in [6.45, 7) is 18.7. The van der Waals surface area contributed by atoms with Crippen molar-refractivity contribution < 1.29 is 56.8 Å². The van der Waals surface area contributed by atoms with Gasteiger partial charge in [0.25, 0.3) is 0 Å². The Balaban J connectivity index is 1.86. The van der Waals surface area contributed by atoms with Crippen LogP contribution in [0.3, 0.4) is 0 Å². The van der Waals surface area contributed by atoms with Gasteiger partial charge >= 0.3 is 29.8 Å². The van der Waals surface area contributed by atoms with Gasteiger partial charge in [0.1, 0.15) is 24.4 Å². The van der Waals surface area contributed by atoms with E-state index in [0.717, 1.165) is 11.1 Å². The highest BCUT2D eigenvalue weighted by atomic mass is 16.6. The monoisotopic (exact) mass is 738 g/mol. The van der Waals surface area contributed by atoms with Crippen LogP contribution in [0.5, 0.6) is 0 Å². The van der Waals surface area contributed by atoms with Gasteiger partial charge in [0.15, 0.2) is 0 Å². The van der Waals surface area contributed by atoms with Crippen LogP contribution in [-0.4, -0.2) is 73.6 Å². The molecule has 0 bridgehead atoms. The topological polar surface area (TPSA) is 154 Å². The van der Waals surface area contributed by atoms with Crippen molar-refractivity contribution in [2.24, 2.45) is 28.1 Å². The van der Waals surface area contributed by atoms with E-state index in [1.165, 1.54) is 20.8 Å². The highest BCUT2D eigenvalue weighted by molar-refractivity contribution is 5.88. The zero-order valence-electron chi connectivity index (χ0n) is 32.7. The van der Waals surface area contributed by atoms with Crippen LogP contribution in [-0.2, 0) is 52.4 Å². The average Bonchev–Trinajstić information content (AvgIpc) is 3.82. The van der Waals surface area contributed by atoms with E-state index in [9.17, 15) is 24.0 Å². The maximum atomic E-state index is 13.9. The van der Waals surface area contributed by atoms with E-state index in [4.69, 9.17) is 32.8 Å². The van der Waals surface area contributed by atoms with Crippen LogP contribution in [0.15, 0.2) is 57.5 Å². The summed E-state index contributed by atoms with van der Waals surface area (Å²) in [6.07, 6.45) is 2.88. The first-order valence-electron chi connectivity index (χ1n) is 18.4. The van der Waals surface area contributed by atoms with Gasteiger partial charge in [0, 0.05) is 72.3 Å². The molecule has 0 radical (unpaired) electrons. The number of carbonyl (C=O) groups excluding carboxylic acids is 5. The van der Waals surface area contributed by atoms with Crippen LogP contribution in [0.4, 0.5) is 0 Å². The molecule has 1 aliphatic heterocycles. The van der Waals surface area contributed by atoms with Gasteiger partial charge in [-0.05, 0) is 58.2 Å². The Morgan fingerprint density at radius 2 is 1.45 bits per heavy atom. The maximum absolute atomic E-state index is 13.9. The van der Waals surface area contributed by atoms with E-state index >= 15 is 0 Å². The minimum absolute atomic E-state index is 0.139. The zero-order chi connectivity index (χ0) is 39.2. The molecule has 11 unspecified atom stereocenters. The molecule has 3 fully saturated rings. The fourth-order valence-corrected chi connectivity index (χ4v) is 10.2. The molecule has 12 nitrogen and oxygen atoms in total. The van der Waals surface area contributed by atoms with Crippen LogP contribution in [0.1, 0.15) is 100 Å². The second-order valence-electron chi connectivity index (χ2n) is 15.8. The van der Waals surface area contributed by atoms with Crippen molar-refractivity contribution in [3.05, 3.63) is 58.6 Å². The summed E-state index contributed by atoms with van der Waals surface area (Å²) < 4.78 is 43.4. The highest BCUT2D eigenvalue weighted by Crippen LogP contribution is 2.71. The Morgan fingerprint density at radius 3 is 2.00 bits per heavy atom. The molecule has 12 heteroatoms. The molecule has 1 saturated heterocycles. The predicted octanol–water partition coefficient (Wildman–Crippen LogP) is 6.33. The van der Waals surface area contributed by atoms with Gasteiger partial charge < -0.3 is 32.8 Å². The van der Waals surface area contributed by atoms with Gasteiger partial charge in [-0.15, -0.1) is 0 Å². The highest BCUT2D eigenvalue weighted by Gasteiger charge is 2.77. The first-order chi connectivity index (χ1) is 24.9. The number of hydrogen-bond donors (Lipinski definition) is 0. The Morgan fingerprint density at radius 1 is 0.830 bits per heavy atom. The van der Waals surface area contributed by atoms with Crippen molar-refractivity contribution in [1.29, 1.82) is 0 Å². The molecule has 1 aromatic rings. The van der Waals surface area contributed by atoms with Gasteiger partial charge in [0.05, 0.1) is 31.8 Å². The molecule has 0 N–H and O–H groups in total. The number of allylic oxidation sites excluding steroid dienone is 3. The van der Waals surface area contributed by atoms with E-state index in [-0.39, 0.29) is 25.6 Å². The molecule has 2 heterocycles. The smallest absolute Gasteiger partial charge is 0.333 e. The minimum Gasteiger partial charge on any atom is -0.472 e. The van der Waals surface area contributed by atoms with Crippen LogP contribution in [0.2, 0.25) is 0 Å². The summed E-state index contributed by atoms with van der Waals surface area (Å²) >= 11 is 0. The number of ether oxygens (including phenoxy) is 6. The molecule has 0 spiro atoms. The Bertz CT molecular complexity index is 1720. The van der Waals surface area contributed by atoms with Gasteiger partial charge in [-0.3, -0.25) is 14.4 Å². The quantitative estimate of drug-likeness (QED) is 0.114. The summed E-state index contributed by atoms with van der Waals surface area (Å²) in [5, 5.41) is 0. The Hall–Kier alpha value is -4.19. The predicted molar refractivity (Wildman–Crippen MR) is 191 cm³/mol. The lowest BCUT2D eigenvalue weighted by atomic mass is 9.40. The first-order valence-corrected chi connectivity index (χ1v) is 18.4. The Labute approximate surface area is 311 Å². The third kappa shape index (κ3) is 6.76. The standard InChI is InChI=1S/C41H54O12/c1-12-21(3)37(45)52-32-17-31(51-26(8)44)39(9)20-49-34-35(39)40(32,10)30(19-48-24(6)42)41(11,36(34)53-38(46)22(4)13-2)33-23(5)28(27-14-15-47-18-27)16-29(33)50-25(7)43/h12-15,18,28-32,34-36H,16-17,19-20H2,1-11H3. The molecule has 11 atom stereocenters. The second kappa shape index (κ2) is 14.9. The summed E-state index contributed by atoms with van der Waals surface area (Å²) in [4.78, 5) is 65.8. The van der Waals surface area contributed by atoms with Crippen LogP contribution in [0, 0.1) is 28.1 Å². The van der Waals surface area contributed by atoms with Crippen LogP contribution < -0.4 is 0 Å². The molecule has 2 saturated carbocycles. The Kier molecular flexibility index (Phi) is 11.3. The zero-order valence-corrected chi connectivity index (χ0v) is 32.7. The molecule has 4 aliphatic rings. The second-order valence-corrected chi connectivity index (χ2v) is 15.8. The number of esters is 5. The third-order valence-electron chi connectivity index (χ3n) is 12.8. The lowest BCUT2D eigenvalue weighted by Crippen LogP contribution is -2.73. The van der Waals surface area contributed by atoms with E-state index in [1.54, 1.807) is 52.4 Å². The van der Waals surface area contributed by atoms with Crippen molar-refractivity contribution in [1.82, 2.24) is 0 Å². The molecule has 3 aliphatic carbocycles. The van der Waals surface area contributed by atoms with Crippen molar-refractivity contribution in [3.63, 3.8) is 0 Å². The fourth-order valence-electron chi connectivity index (χ4n) is 10.2. The van der Waals surface area contributed by atoms with Crippen molar-refractivity contribution in [2.75, 3.05) is 13.2 Å². The van der Waals surface area contributed by atoms with Crippen LogP contribution >= 0.6 is 0 Å². The number of carbonyl (C=O) groups is 5. The van der Waals surface area contributed by atoms with E-state index in [1.807, 2.05) is 33.8 Å². The molecule has 0 amide bonds. The summed E-state index contributed by atoms with van der Waals surface area (Å²) in [6, 6.07) is 1.87. The normalized spacial score (nSPS) is 36.7. The summed E-state index contributed by atoms with van der Waals surface area (Å²) in [7, 11) is 0. The summed E-state index contributed by atoms with van der Waals surface area (Å²) in [5.74, 6) is -4.13. The van der Waals surface area contributed by atoms with Crippen molar-refractivity contribution >= 4 is 29.8 Å². The van der Waals surface area contributed by atoms with Crippen molar-refractivity contribution in [3.8, 4) is 0 Å². The maximum Gasteiger partial charge on any atom is 0.333 e. The minimum atomic E-state index is -1.25. The SMILES string of the molecule is CC=C(C)C(=O)OC1C2OCC3(C)C(OC(C)=O)CC(OC(=O)C(C)=CC)C(C)(C23)C(COC(C)=O)C1(C)C1=C(C)C(c2ccoc2)CC1OC(C)=O. The van der Waals surface area contributed by atoms with Gasteiger partial charge in [-0.2, -0.15) is 0 Å². The molecule has 5 rings (SSSR count). The summed E-state index contributed by atoms with van der Waals surface area (Å²) in [5.41, 5.74) is 0.0886. The molecule has 1 aromatic heterocycles. The lowest BCUT2D eigenvalue weighted by molar-refractivity contribution is -0.265. The molecule has 53 heavy (non-hydrogen) atoms. The number of hydrogen-bond acceptors (Lipinski definition) is 12. The van der Waals surface area contributed by atoms with E-state index in [2.05, 4.69) is 0 Å². The van der Waals surface area contributed by atoms with E-state index < -0.39 is 88.4 Å². The van der Waals surface area contributed by atoms with Gasteiger partial charge in [-0.1, -0.05) is 38.5 Å². The van der Waals surface area contributed by atoms with E-state index in [0.29, 0.717) is 23.1 Å².